The number of hydrogen-bond acceptors (Lipinski definition) is 8. The minimum absolute atomic E-state index is 0.122. The van der Waals surface area contributed by atoms with Crippen molar-refractivity contribution in [3.63, 3.8) is 0 Å². The van der Waals surface area contributed by atoms with E-state index in [9.17, 15) is 14.4 Å². The fraction of sp³-hybridized carbons (Fsp3) is 0.516. The van der Waals surface area contributed by atoms with E-state index in [1.165, 1.54) is 0 Å². The molecule has 0 saturated carbocycles. The molecule has 0 aliphatic carbocycles. The van der Waals surface area contributed by atoms with Crippen molar-refractivity contribution < 1.29 is 38.1 Å². The van der Waals surface area contributed by atoms with Gasteiger partial charge in [-0.2, -0.15) is 4.90 Å². The molecule has 0 unspecified atom stereocenters. The minimum Gasteiger partial charge on any atom is -0.486 e. The van der Waals surface area contributed by atoms with E-state index in [0.29, 0.717) is 24.3 Å². The zero-order valence-corrected chi connectivity index (χ0v) is 24.4. The molecule has 218 valence electrons. The lowest BCUT2D eigenvalue weighted by Crippen LogP contribution is -2.53. The topological polar surface area (TPSA) is 101 Å². The largest absolute Gasteiger partial charge is 0.486 e. The van der Waals surface area contributed by atoms with Crippen LogP contribution in [-0.4, -0.2) is 58.6 Å². The first kappa shape index (κ1) is 30.8. The second-order valence-corrected chi connectivity index (χ2v) is 11.8. The maximum absolute atomic E-state index is 13.6. The molecule has 4 atom stereocenters. The van der Waals surface area contributed by atoms with E-state index in [0.717, 1.165) is 4.90 Å². The average molecular weight is 556 g/mol. The fourth-order valence-electron chi connectivity index (χ4n) is 4.24. The van der Waals surface area contributed by atoms with Crippen molar-refractivity contribution in [1.82, 2.24) is 4.90 Å². The van der Waals surface area contributed by atoms with E-state index in [1.807, 2.05) is 60.7 Å². The summed E-state index contributed by atoms with van der Waals surface area (Å²) in [7, 11) is 0. The maximum atomic E-state index is 13.6. The van der Waals surface area contributed by atoms with Crippen LogP contribution < -0.4 is 9.47 Å². The average Bonchev–Trinajstić information content (AvgIpc) is 2.89. The quantitative estimate of drug-likeness (QED) is 0.303. The predicted octanol–water partition coefficient (Wildman–Crippen LogP) is 6.54. The van der Waals surface area contributed by atoms with Crippen LogP contribution in [-0.2, 0) is 19.0 Å². The number of esters is 1. The molecular weight excluding hydrogens is 514 g/mol. The summed E-state index contributed by atoms with van der Waals surface area (Å²) in [6.45, 7) is 11.8. The molecule has 2 aromatic carbocycles. The SMILES string of the molecule is C[C@@H]1OC(=O)[C@@H](N(C(=O)OC(C)(C)C)C(=O)OC(C)(C)C)CCC[C@H](Oc2ccccc2)[C@H]1Oc1ccccc1. The van der Waals surface area contributed by atoms with E-state index < -0.39 is 53.7 Å². The fourth-order valence-corrected chi connectivity index (χ4v) is 4.24. The molecule has 9 heteroatoms. The van der Waals surface area contributed by atoms with Crippen molar-refractivity contribution in [2.45, 2.75) is 103 Å². The van der Waals surface area contributed by atoms with Gasteiger partial charge in [-0.05, 0) is 92.0 Å². The summed E-state index contributed by atoms with van der Waals surface area (Å²) in [6.07, 6.45) is -2.93. The molecule has 40 heavy (non-hydrogen) atoms. The molecule has 1 fully saturated rings. The second-order valence-electron chi connectivity index (χ2n) is 11.8. The molecule has 1 saturated heterocycles. The van der Waals surface area contributed by atoms with E-state index in [2.05, 4.69) is 0 Å². The van der Waals surface area contributed by atoms with E-state index in [4.69, 9.17) is 23.7 Å². The number of imide groups is 1. The number of para-hydroxylation sites is 2. The van der Waals surface area contributed by atoms with Crippen molar-refractivity contribution in [2.75, 3.05) is 0 Å². The highest BCUT2D eigenvalue weighted by molar-refractivity contribution is 5.94. The Hall–Kier alpha value is -3.75. The molecule has 0 N–H and O–H groups in total. The molecule has 9 nitrogen and oxygen atoms in total. The summed E-state index contributed by atoms with van der Waals surface area (Å²) >= 11 is 0. The monoisotopic (exact) mass is 555 g/mol. The van der Waals surface area contributed by atoms with Gasteiger partial charge in [0.1, 0.15) is 41.0 Å². The van der Waals surface area contributed by atoms with Crippen molar-refractivity contribution in [3.05, 3.63) is 60.7 Å². The number of hydrogen-bond donors (Lipinski definition) is 0. The van der Waals surface area contributed by atoms with Crippen LogP contribution in [0.1, 0.15) is 67.7 Å². The van der Waals surface area contributed by atoms with E-state index in [1.54, 1.807) is 48.5 Å². The zero-order valence-electron chi connectivity index (χ0n) is 24.4. The predicted molar refractivity (Wildman–Crippen MR) is 149 cm³/mol. The van der Waals surface area contributed by atoms with Crippen molar-refractivity contribution in [1.29, 1.82) is 0 Å². The molecular formula is C31H41NO8. The van der Waals surface area contributed by atoms with Gasteiger partial charge in [0.15, 0.2) is 6.10 Å². The Morgan fingerprint density at radius 2 is 1.25 bits per heavy atom. The lowest BCUT2D eigenvalue weighted by Gasteiger charge is -2.33. The lowest BCUT2D eigenvalue weighted by molar-refractivity contribution is -0.160. The summed E-state index contributed by atoms with van der Waals surface area (Å²) in [5.41, 5.74) is -1.81. The third-order valence-electron chi connectivity index (χ3n) is 5.91. The third kappa shape index (κ3) is 9.17. The van der Waals surface area contributed by atoms with E-state index >= 15 is 0 Å². The molecule has 2 amide bonds. The first-order valence-corrected chi connectivity index (χ1v) is 13.6. The van der Waals surface area contributed by atoms with Crippen molar-refractivity contribution in [3.8, 4) is 11.5 Å². The van der Waals surface area contributed by atoms with Crippen LogP contribution in [0.15, 0.2) is 60.7 Å². The van der Waals surface area contributed by atoms with Crippen LogP contribution in [0.2, 0.25) is 0 Å². The second kappa shape index (κ2) is 13.1. The number of cyclic esters (lactones) is 1. The molecule has 0 aromatic heterocycles. The Kier molecular flexibility index (Phi) is 10.1. The smallest absolute Gasteiger partial charge is 0.420 e. The molecule has 1 aliphatic rings. The Bertz CT molecular complexity index is 1100. The molecule has 1 heterocycles. The number of nitrogens with zero attached hydrogens (tertiary/aromatic N) is 1. The van der Waals surface area contributed by atoms with Crippen LogP contribution in [0.4, 0.5) is 9.59 Å². The van der Waals surface area contributed by atoms with Gasteiger partial charge in [0.2, 0.25) is 0 Å². The Balaban J connectivity index is 1.94. The Morgan fingerprint density at radius 3 is 1.73 bits per heavy atom. The van der Waals surface area contributed by atoms with Crippen LogP contribution in [0.5, 0.6) is 11.5 Å². The lowest BCUT2D eigenvalue weighted by atomic mass is 10.0. The van der Waals surface area contributed by atoms with Gasteiger partial charge >= 0.3 is 18.2 Å². The van der Waals surface area contributed by atoms with E-state index in [-0.39, 0.29) is 6.42 Å². The normalized spacial score (nSPS) is 22.0. The molecule has 3 rings (SSSR count). The molecule has 2 aromatic rings. The summed E-state index contributed by atoms with van der Waals surface area (Å²) in [5.74, 6) is 0.482. The molecule has 0 spiro atoms. The Labute approximate surface area is 236 Å². The van der Waals surface area contributed by atoms with Gasteiger partial charge in [-0.3, -0.25) is 0 Å². The number of carbonyl (C=O) groups is 3. The van der Waals surface area contributed by atoms with Crippen LogP contribution >= 0.6 is 0 Å². The van der Waals surface area contributed by atoms with Crippen LogP contribution in [0.3, 0.4) is 0 Å². The standard InChI is InChI=1S/C31H41NO8/c1-21-26(38-23-17-12-9-13-18-23)25(37-22-15-10-8-11-16-22)20-14-19-24(27(33)36-21)32(28(34)39-30(2,3)4)29(35)40-31(5,6)7/h8-13,15-18,21,24-26H,14,19-20H2,1-7H3/t21-,24-,25-,26-/m0/s1. The highest BCUT2D eigenvalue weighted by Crippen LogP contribution is 2.28. The minimum atomic E-state index is -1.26. The first-order valence-electron chi connectivity index (χ1n) is 13.6. The molecule has 0 bridgehead atoms. The van der Waals surface area contributed by atoms with Gasteiger partial charge in [0.05, 0.1) is 0 Å². The van der Waals surface area contributed by atoms with Crippen LogP contribution in [0, 0.1) is 0 Å². The molecule has 0 radical (unpaired) electrons. The zero-order chi connectivity index (χ0) is 29.5. The maximum Gasteiger partial charge on any atom is 0.420 e. The Morgan fingerprint density at radius 1 is 0.775 bits per heavy atom. The number of benzene rings is 2. The summed E-state index contributed by atoms with van der Waals surface area (Å²) < 4.78 is 29.5. The summed E-state index contributed by atoms with van der Waals surface area (Å²) in [4.78, 5) is 40.8. The van der Waals surface area contributed by atoms with Gasteiger partial charge in [-0.15, -0.1) is 0 Å². The van der Waals surface area contributed by atoms with Crippen molar-refractivity contribution >= 4 is 18.2 Å². The van der Waals surface area contributed by atoms with Gasteiger partial charge in [-0.25, -0.2) is 14.4 Å². The number of carbonyl (C=O) groups excluding carboxylic acids is 3. The summed E-state index contributed by atoms with van der Waals surface area (Å²) in [5, 5.41) is 0. The highest BCUT2D eigenvalue weighted by Gasteiger charge is 2.44. The number of amides is 2. The van der Waals surface area contributed by atoms with Gasteiger partial charge in [0, 0.05) is 0 Å². The number of rotatable bonds is 5. The van der Waals surface area contributed by atoms with Gasteiger partial charge < -0.3 is 23.7 Å². The number of ether oxygens (including phenoxy) is 5. The van der Waals surface area contributed by atoms with Gasteiger partial charge in [0.25, 0.3) is 0 Å². The molecule has 1 aliphatic heterocycles. The van der Waals surface area contributed by atoms with Crippen molar-refractivity contribution in [2.24, 2.45) is 0 Å². The van der Waals surface area contributed by atoms with Crippen LogP contribution in [0.25, 0.3) is 0 Å². The first-order chi connectivity index (χ1) is 18.7. The van der Waals surface area contributed by atoms with Gasteiger partial charge in [-0.1, -0.05) is 36.4 Å². The summed E-state index contributed by atoms with van der Waals surface area (Å²) in [6, 6.07) is 17.3. The third-order valence-corrected chi connectivity index (χ3v) is 5.91. The highest BCUT2D eigenvalue weighted by atomic mass is 16.6.